The van der Waals surface area contributed by atoms with E-state index in [0.29, 0.717) is 0 Å². The molecule has 6 nitrogen and oxygen atoms in total. The highest BCUT2D eigenvalue weighted by atomic mass is 32.2. The minimum absolute atomic E-state index is 0.0406. The molecule has 0 bridgehead atoms. The molecule has 0 unspecified atom stereocenters. The quantitative estimate of drug-likeness (QED) is 0.336. The zero-order valence-corrected chi connectivity index (χ0v) is 9.48. The molecule has 0 fully saturated rings. The van der Waals surface area contributed by atoms with Gasteiger partial charge in [-0.05, 0) is 12.1 Å². The number of hydrogen-bond acceptors (Lipinski definition) is 5. The van der Waals surface area contributed by atoms with Gasteiger partial charge in [-0.2, -0.15) is 8.42 Å². The van der Waals surface area contributed by atoms with Crippen LogP contribution in [0.1, 0.15) is 5.56 Å². The molecule has 0 aliphatic rings. The van der Waals surface area contributed by atoms with Gasteiger partial charge in [-0.1, -0.05) is 12.4 Å². The second-order valence-corrected chi connectivity index (χ2v) is 4.61. The predicted molar refractivity (Wildman–Crippen MR) is 59.6 cm³/mol. The van der Waals surface area contributed by atoms with E-state index in [1.165, 1.54) is 18.2 Å². The van der Waals surface area contributed by atoms with Gasteiger partial charge < -0.3 is 9.84 Å². The lowest BCUT2D eigenvalue weighted by Gasteiger charge is -2.09. The molecular weight excluding hydrogens is 247 g/mol. The number of phenols is 1. The van der Waals surface area contributed by atoms with Crippen LogP contribution in [0.5, 0.6) is 11.5 Å². The van der Waals surface area contributed by atoms with Crippen molar-refractivity contribution in [2.75, 3.05) is 5.75 Å². The molecule has 0 spiro atoms. The highest BCUT2D eigenvalue weighted by Crippen LogP contribution is 2.27. The Balaban J connectivity index is 2.89. The van der Waals surface area contributed by atoms with E-state index in [1.54, 1.807) is 0 Å². The van der Waals surface area contributed by atoms with Gasteiger partial charge in [0.15, 0.2) is 5.75 Å². The Morgan fingerprint density at radius 2 is 2.06 bits per heavy atom. The molecule has 0 amide bonds. The maximum atomic E-state index is 11.1. The molecule has 0 aliphatic carbocycles. The summed E-state index contributed by atoms with van der Waals surface area (Å²) >= 11 is 0. The van der Waals surface area contributed by atoms with Gasteiger partial charge in [0.25, 0.3) is 10.1 Å². The largest absolute Gasteiger partial charge is 0.508 e. The smallest absolute Gasteiger partial charge is 0.329 e. The number of aromatic hydroxyl groups is 1. The Bertz CT molecular complexity index is 524. The van der Waals surface area contributed by atoms with E-state index in [1.807, 2.05) is 0 Å². The number of phenolic OH excluding ortho intramolecular Hbond substituents is 1. The van der Waals surface area contributed by atoms with Crippen LogP contribution >= 0.6 is 0 Å². The number of rotatable bonds is 4. The molecule has 0 atom stereocenters. The van der Waals surface area contributed by atoms with Crippen molar-refractivity contribution >= 4 is 23.9 Å². The summed E-state index contributed by atoms with van der Waals surface area (Å²) in [5.74, 6) is -2.52. The first-order chi connectivity index (χ1) is 7.83. The molecule has 2 radical (unpaired) electrons. The molecule has 0 aliphatic heterocycles. The summed E-state index contributed by atoms with van der Waals surface area (Å²) < 4.78 is 34.0. The van der Waals surface area contributed by atoms with Crippen LogP contribution in [0.15, 0.2) is 18.2 Å². The summed E-state index contributed by atoms with van der Waals surface area (Å²) in [4.78, 5) is 11.1. The number of carbonyl (C=O) groups excluding carboxylic acids is 1. The van der Waals surface area contributed by atoms with Crippen LogP contribution in [-0.4, -0.2) is 37.6 Å². The lowest BCUT2D eigenvalue weighted by molar-refractivity contribution is -0.131. The molecule has 0 saturated heterocycles. The Labute approximate surface area is 99.4 Å². The normalized spacial score (nSPS) is 11.1. The summed E-state index contributed by atoms with van der Waals surface area (Å²) in [6.07, 6.45) is -0.0822. The number of benzene rings is 1. The molecule has 1 aromatic rings. The zero-order valence-electron chi connectivity index (χ0n) is 8.66. The second-order valence-electron chi connectivity index (χ2n) is 3.16. The van der Waals surface area contributed by atoms with Crippen LogP contribution < -0.4 is 4.74 Å². The fourth-order valence-electron chi connectivity index (χ4n) is 1.16. The molecule has 0 aromatic heterocycles. The first-order valence-electron chi connectivity index (χ1n) is 4.50. The van der Waals surface area contributed by atoms with Crippen molar-refractivity contribution in [1.82, 2.24) is 0 Å². The Morgan fingerprint density at radius 3 is 2.59 bits per heavy atom. The van der Waals surface area contributed by atoms with E-state index in [9.17, 15) is 18.3 Å². The monoisotopic (exact) mass is 256 g/mol. The first kappa shape index (κ1) is 13.5. The van der Waals surface area contributed by atoms with E-state index in [4.69, 9.17) is 12.4 Å². The molecule has 90 valence electrons. The van der Waals surface area contributed by atoms with Crippen molar-refractivity contribution < 1.29 is 27.6 Å². The van der Waals surface area contributed by atoms with Crippen molar-refractivity contribution in [2.24, 2.45) is 0 Å². The fourth-order valence-corrected chi connectivity index (χ4v) is 1.51. The van der Waals surface area contributed by atoms with E-state index in [2.05, 4.69) is 4.74 Å². The molecule has 0 heterocycles. The minimum Gasteiger partial charge on any atom is -0.508 e. The molecule has 1 aromatic carbocycles. The molecule has 2 N–H and O–H groups in total. The lowest BCUT2D eigenvalue weighted by Crippen LogP contribution is -2.20. The Morgan fingerprint density at radius 1 is 1.41 bits per heavy atom. The minimum atomic E-state index is -4.44. The first-order valence-corrected chi connectivity index (χ1v) is 6.11. The van der Waals surface area contributed by atoms with Gasteiger partial charge in [0.2, 0.25) is 0 Å². The molecule has 0 saturated carbocycles. The van der Waals surface area contributed by atoms with Crippen LogP contribution in [0.4, 0.5) is 0 Å². The van der Waals surface area contributed by atoms with Crippen molar-refractivity contribution in [3.05, 3.63) is 23.8 Å². The third kappa shape index (κ3) is 4.08. The highest BCUT2D eigenvalue weighted by molar-refractivity contribution is 7.86. The fraction of sp³-hybridized carbons (Fsp3) is 0.222. The summed E-state index contributed by atoms with van der Waals surface area (Å²) in [5, 5.41) is 9.40. The van der Waals surface area contributed by atoms with E-state index >= 15 is 0 Å². The van der Waals surface area contributed by atoms with Crippen LogP contribution in [0.2, 0.25) is 0 Å². The predicted octanol–water partition coefficient (Wildman–Crippen LogP) is -0.146. The highest BCUT2D eigenvalue weighted by Gasteiger charge is 2.17. The molecule has 17 heavy (non-hydrogen) atoms. The molecule has 8 heteroatoms. The van der Waals surface area contributed by atoms with Crippen molar-refractivity contribution in [2.45, 2.75) is 6.32 Å². The SMILES string of the molecule is [B]Cc1c(O)cccc1OC(=O)CS(=O)(=O)O. The average Bonchev–Trinajstić information content (AvgIpc) is 2.14. The van der Waals surface area contributed by atoms with Crippen LogP contribution in [0.25, 0.3) is 0 Å². The average molecular weight is 256 g/mol. The van der Waals surface area contributed by atoms with Crippen LogP contribution in [-0.2, 0) is 21.2 Å². The van der Waals surface area contributed by atoms with Gasteiger partial charge in [-0.3, -0.25) is 9.35 Å². The Hall–Kier alpha value is -1.54. The van der Waals surface area contributed by atoms with Crippen molar-refractivity contribution in [1.29, 1.82) is 0 Å². The maximum absolute atomic E-state index is 11.1. The van der Waals surface area contributed by atoms with E-state index < -0.39 is 21.8 Å². The third-order valence-corrected chi connectivity index (χ3v) is 2.44. The number of ether oxygens (including phenoxy) is 1. The molecular formula is C9H9BO6S. The van der Waals surface area contributed by atoms with Gasteiger partial charge in [0, 0.05) is 5.56 Å². The third-order valence-electron chi connectivity index (χ3n) is 1.84. The van der Waals surface area contributed by atoms with Gasteiger partial charge >= 0.3 is 5.97 Å². The number of hydrogen-bond donors (Lipinski definition) is 2. The summed E-state index contributed by atoms with van der Waals surface area (Å²) in [6.45, 7) is 0. The van der Waals surface area contributed by atoms with Gasteiger partial charge in [0.05, 0.1) is 7.85 Å². The van der Waals surface area contributed by atoms with Crippen LogP contribution in [0, 0.1) is 0 Å². The standard InChI is InChI=1S/C9H9BO6S/c10-4-6-7(11)2-1-3-8(6)16-9(12)5-17(13,14)15/h1-3,11H,4-5H2,(H,13,14,15). The van der Waals surface area contributed by atoms with Crippen LogP contribution in [0.3, 0.4) is 0 Å². The Kier molecular flexibility index (Phi) is 4.14. The van der Waals surface area contributed by atoms with Gasteiger partial charge in [0.1, 0.15) is 11.5 Å². The number of carbonyl (C=O) groups is 1. The summed E-state index contributed by atoms with van der Waals surface area (Å²) in [7, 11) is 0.894. The number of esters is 1. The van der Waals surface area contributed by atoms with Crippen molar-refractivity contribution in [3.63, 3.8) is 0 Å². The van der Waals surface area contributed by atoms with E-state index in [-0.39, 0.29) is 23.4 Å². The molecule has 1 rings (SSSR count). The van der Waals surface area contributed by atoms with Gasteiger partial charge in [-0.15, -0.1) is 0 Å². The van der Waals surface area contributed by atoms with E-state index in [0.717, 1.165) is 0 Å². The summed E-state index contributed by atoms with van der Waals surface area (Å²) in [5.41, 5.74) is 0.177. The maximum Gasteiger partial charge on any atom is 0.329 e. The van der Waals surface area contributed by atoms with Gasteiger partial charge in [-0.25, -0.2) is 0 Å². The zero-order chi connectivity index (χ0) is 13.1. The van der Waals surface area contributed by atoms with Crippen molar-refractivity contribution in [3.8, 4) is 11.5 Å². The second kappa shape index (κ2) is 5.20. The lowest BCUT2D eigenvalue weighted by atomic mass is 9.95. The summed E-state index contributed by atoms with van der Waals surface area (Å²) in [6, 6.07) is 4.11. The topological polar surface area (TPSA) is 101 Å².